The topological polar surface area (TPSA) is 91.5 Å². The molecule has 4 rings (SSSR count). The summed E-state index contributed by atoms with van der Waals surface area (Å²) in [6.45, 7) is -0.186. The molecule has 7 heteroatoms. The van der Waals surface area contributed by atoms with E-state index in [-0.39, 0.29) is 18.9 Å². The average molecular weight is 350 g/mol. The van der Waals surface area contributed by atoms with Gasteiger partial charge in [-0.15, -0.1) is 10.2 Å². The van der Waals surface area contributed by atoms with E-state index >= 15 is 0 Å². The lowest BCUT2D eigenvalue weighted by molar-refractivity contribution is -0.156. The molecule has 7 nitrogen and oxygen atoms in total. The normalized spacial score (nSPS) is 15.8. The molecule has 1 atom stereocenters. The number of carbonyl (C=O) groups is 2. The van der Waals surface area contributed by atoms with Crippen LogP contribution in [0.3, 0.4) is 0 Å². The molecule has 0 N–H and O–H groups in total. The van der Waals surface area contributed by atoms with Crippen molar-refractivity contribution < 1.29 is 23.5 Å². The lowest BCUT2D eigenvalue weighted by Crippen LogP contribution is -2.35. The first kappa shape index (κ1) is 16.0. The van der Waals surface area contributed by atoms with Crippen molar-refractivity contribution in [2.24, 2.45) is 0 Å². The Hall–Kier alpha value is -3.48. The second kappa shape index (κ2) is 6.79. The lowest BCUT2D eigenvalue weighted by Gasteiger charge is -2.22. The van der Waals surface area contributed by atoms with Crippen molar-refractivity contribution in [3.8, 4) is 11.5 Å². The van der Waals surface area contributed by atoms with Crippen molar-refractivity contribution in [3.63, 3.8) is 0 Å². The van der Waals surface area contributed by atoms with Gasteiger partial charge in [-0.3, -0.25) is 0 Å². The summed E-state index contributed by atoms with van der Waals surface area (Å²) in [7, 11) is 0. The second-order valence-electron chi connectivity index (χ2n) is 5.73. The van der Waals surface area contributed by atoms with E-state index in [1.54, 1.807) is 18.2 Å². The number of nitrogens with zero attached hydrogens (tertiary/aromatic N) is 2. The molecule has 0 saturated carbocycles. The molecule has 0 bridgehead atoms. The molecule has 2 aromatic carbocycles. The van der Waals surface area contributed by atoms with E-state index in [9.17, 15) is 9.59 Å². The van der Waals surface area contributed by atoms with E-state index in [0.717, 1.165) is 11.1 Å². The van der Waals surface area contributed by atoms with Crippen LogP contribution in [0.25, 0.3) is 11.5 Å². The van der Waals surface area contributed by atoms with Gasteiger partial charge >= 0.3 is 11.9 Å². The van der Waals surface area contributed by atoms with E-state index in [4.69, 9.17) is 13.9 Å². The summed E-state index contributed by atoms with van der Waals surface area (Å²) in [6.07, 6.45) is -0.700. The van der Waals surface area contributed by atoms with Crippen LogP contribution in [0.2, 0.25) is 0 Å². The Bertz CT molecular complexity index is 951. The molecule has 0 radical (unpaired) electrons. The highest BCUT2D eigenvalue weighted by Gasteiger charge is 2.32. The van der Waals surface area contributed by atoms with Crippen molar-refractivity contribution in [3.05, 3.63) is 71.6 Å². The highest BCUT2D eigenvalue weighted by atomic mass is 16.6. The number of fused-ring (bicyclic) bond motifs is 1. The zero-order chi connectivity index (χ0) is 17.9. The van der Waals surface area contributed by atoms with E-state index in [2.05, 4.69) is 10.2 Å². The Morgan fingerprint density at radius 3 is 2.69 bits per heavy atom. The molecule has 1 aliphatic rings. The molecule has 1 aliphatic heterocycles. The molecular weight excluding hydrogens is 336 g/mol. The highest BCUT2D eigenvalue weighted by Crippen LogP contribution is 2.22. The third kappa shape index (κ3) is 3.19. The fraction of sp³-hybridized carbons (Fsp3) is 0.158. The van der Waals surface area contributed by atoms with Crippen molar-refractivity contribution >= 4 is 11.9 Å². The van der Waals surface area contributed by atoms with Crippen LogP contribution >= 0.6 is 0 Å². The number of hydrogen-bond acceptors (Lipinski definition) is 7. The Morgan fingerprint density at radius 1 is 1.08 bits per heavy atom. The van der Waals surface area contributed by atoms with Gasteiger partial charge in [-0.2, -0.15) is 0 Å². The quantitative estimate of drug-likeness (QED) is 0.668. The van der Waals surface area contributed by atoms with Crippen molar-refractivity contribution in [1.29, 1.82) is 0 Å². The van der Waals surface area contributed by atoms with Crippen LogP contribution in [0.15, 0.2) is 59.0 Å². The zero-order valence-electron chi connectivity index (χ0n) is 13.6. The fourth-order valence-corrected chi connectivity index (χ4v) is 2.70. The number of aromatic nitrogens is 2. The number of esters is 2. The maximum absolute atomic E-state index is 12.2. The number of ether oxygens (including phenoxy) is 2. The Morgan fingerprint density at radius 2 is 1.85 bits per heavy atom. The van der Waals surface area contributed by atoms with Gasteiger partial charge in [0.25, 0.3) is 5.89 Å². The van der Waals surface area contributed by atoms with Gasteiger partial charge in [0, 0.05) is 12.0 Å². The number of hydrogen-bond donors (Lipinski definition) is 0. The molecule has 26 heavy (non-hydrogen) atoms. The Labute approximate surface area is 148 Å². The summed E-state index contributed by atoms with van der Waals surface area (Å²) in [5.74, 6) is -0.667. The van der Waals surface area contributed by atoms with Gasteiger partial charge in [0.05, 0.1) is 5.56 Å². The number of cyclic esters (lactones) is 1. The van der Waals surface area contributed by atoms with Crippen LogP contribution in [0.5, 0.6) is 0 Å². The van der Waals surface area contributed by atoms with Crippen LogP contribution in [-0.2, 0) is 27.3 Å². The average Bonchev–Trinajstić information content (AvgIpc) is 3.16. The minimum atomic E-state index is -0.978. The summed E-state index contributed by atoms with van der Waals surface area (Å²) in [5.41, 5.74) is 2.01. The standard InChI is InChI=1S/C19H14N2O5/c22-18-14-9-5-4-8-13(14)10-15(25-18)19(23)24-11-16-20-21-17(26-16)12-6-2-1-3-7-12/h1-9,15H,10-11H2/t15-/m0/s1. The molecule has 0 saturated heterocycles. The van der Waals surface area contributed by atoms with Crippen LogP contribution in [0.1, 0.15) is 21.8 Å². The smallest absolute Gasteiger partial charge is 0.348 e. The van der Waals surface area contributed by atoms with Crippen LogP contribution in [-0.4, -0.2) is 28.2 Å². The largest absolute Gasteiger partial charge is 0.453 e. The summed E-state index contributed by atoms with van der Waals surface area (Å²) < 4.78 is 15.8. The summed E-state index contributed by atoms with van der Waals surface area (Å²) in [6, 6.07) is 16.3. The van der Waals surface area contributed by atoms with Gasteiger partial charge in [0.15, 0.2) is 6.61 Å². The van der Waals surface area contributed by atoms with E-state index in [1.807, 2.05) is 36.4 Å². The molecule has 0 amide bonds. The number of carbonyl (C=O) groups excluding carboxylic acids is 2. The van der Waals surface area contributed by atoms with Gasteiger partial charge in [-0.05, 0) is 23.8 Å². The first-order chi connectivity index (χ1) is 12.7. The summed E-state index contributed by atoms with van der Waals surface area (Å²) in [5, 5.41) is 7.78. The molecule has 0 aliphatic carbocycles. The third-order valence-corrected chi connectivity index (χ3v) is 3.98. The van der Waals surface area contributed by atoms with Crippen LogP contribution in [0.4, 0.5) is 0 Å². The molecule has 3 aromatic rings. The molecule has 0 unspecified atom stereocenters. The van der Waals surface area contributed by atoms with Gasteiger partial charge in [0.2, 0.25) is 12.0 Å². The minimum absolute atomic E-state index is 0.166. The molecule has 0 fully saturated rings. The van der Waals surface area contributed by atoms with E-state index in [1.165, 1.54) is 0 Å². The fourth-order valence-electron chi connectivity index (χ4n) is 2.70. The Balaban J connectivity index is 1.39. The van der Waals surface area contributed by atoms with Crippen molar-refractivity contribution in [1.82, 2.24) is 10.2 Å². The molecular formula is C19H14N2O5. The monoisotopic (exact) mass is 350 g/mol. The molecule has 0 spiro atoms. The number of rotatable bonds is 4. The maximum Gasteiger partial charge on any atom is 0.348 e. The SMILES string of the molecule is O=C1O[C@H](C(=O)OCc2nnc(-c3ccccc3)o2)Cc2ccccc21. The second-order valence-corrected chi connectivity index (χ2v) is 5.73. The van der Waals surface area contributed by atoms with E-state index in [0.29, 0.717) is 11.5 Å². The molecule has 1 aromatic heterocycles. The van der Waals surface area contributed by atoms with Crippen molar-refractivity contribution in [2.75, 3.05) is 0 Å². The van der Waals surface area contributed by atoms with Gasteiger partial charge in [-0.25, -0.2) is 9.59 Å². The first-order valence-corrected chi connectivity index (χ1v) is 8.04. The van der Waals surface area contributed by atoms with Crippen LogP contribution in [0, 0.1) is 0 Å². The molecule has 130 valence electrons. The summed E-state index contributed by atoms with van der Waals surface area (Å²) >= 11 is 0. The molecule has 2 heterocycles. The predicted octanol–water partition coefficient (Wildman–Crippen LogP) is 2.56. The Kier molecular flexibility index (Phi) is 4.18. The zero-order valence-corrected chi connectivity index (χ0v) is 13.6. The van der Waals surface area contributed by atoms with Crippen molar-refractivity contribution in [2.45, 2.75) is 19.1 Å². The minimum Gasteiger partial charge on any atom is -0.453 e. The third-order valence-electron chi connectivity index (χ3n) is 3.98. The maximum atomic E-state index is 12.2. The summed E-state index contributed by atoms with van der Waals surface area (Å²) in [4.78, 5) is 24.2. The van der Waals surface area contributed by atoms with E-state index < -0.39 is 18.0 Å². The van der Waals surface area contributed by atoms with Crippen LogP contribution < -0.4 is 0 Å². The van der Waals surface area contributed by atoms with Gasteiger partial charge < -0.3 is 13.9 Å². The number of benzene rings is 2. The van der Waals surface area contributed by atoms with Gasteiger partial charge in [0.1, 0.15) is 0 Å². The first-order valence-electron chi connectivity index (χ1n) is 8.04. The lowest BCUT2D eigenvalue weighted by atomic mass is 9.99. The van der Waals surface area contributed by atoms with Gasteiger partial charge in [-0.1, -0.05) is 36.4 Å². The highest BCUT2D eigenvalue weighted by molar-refractivity contribution is 5.94. The predicted molar refractivity (Wildman–Crippen MR) is 88.9 cm³/mol.